The van der Waals surface area contributed by atoms with Crippen molar-refractivity contribution in [3.63, 3.8) is 0 Å². The Kier molecular flexibility index (Phi) is 5.41. The molecule has 0 unspecified atom stereocenters. The first kappa shape index (κ1) is 16.1. The van der Waals surface area contributed by atoms with Gasteiger partial charge in [0.2, 0.25) is 5.91 Å². The average Bonchev–Trinajstić information content (AvgIpc) is 2.56. The molecule has 0 spiro atoms. The number of phenols is 1. The fourth-order valence-electron chi connectivity index (χ4n) is 2.78. The molecule has 3 rings (SSSR count). The van der Waals surface area contributed by atoms with Crippen molar-refractivity contribution in [1.29, 1.82) is 0 Å². The molecule has 1 aliphatic rings. The summed E-state index contributed by atoms with van der Waals surface area (Å²) in [7, 11) is 0. The van der Waals surface area contributed by atoms with E-state index in [-0.39, 0.29) is 17.8 Å². The Morgan fingerprint density at radius 1 is 1.30 bits per heavy atom. The Labute approximate surface area is 140 Å². The van der Waals surface area contributed by atoms with Crippen LogP contribution in [0.5, 0.6) is 5.75 Å². The van der Waals surface area contributed by atoms with Crippen molar-refractivity contribution in [3.05, 3.63) is 36.4 Å². The summed E-state index contributed by atoms with van der Waals surface area (Å²) >= 11 is 1.61. The molecule has 1 amide bonds. The summed E-state index contributed by atoms with van der Waals surface area (Å²) in [6.45, 7) is 0.844. The quantitative estimate of drug-likeness (QED) is 0.875. The highest BCUT2D eigenvalue weighted by Gasteiger charge is 2.14. The van der Waals surface area contributed by atoms with Gasteiger partial charge in [-0.05, 0) is 42.8 Å². The highest BCUT2D eigenvalue weighted by Crippen LogP contribution is 2.27. The molecule has 5 heteroatoms. The second-order valence-electron chi connectivity index (χ2n) is 5.76. The van der Waals surface area contributed by atoms with Crippen molar-refractivity contribution in [3.8, 4) is 5.75 Å². The molecule has 1 atom stereocenters. The smallest absolute Gasteiger partial charge is 0.234 e. The van der Waals surface area contributed by atoms with Crippen LogP contribution in [0.2, 0.25) is 0 Å². The number of anilines is 1. The Morgan fingerprint density at radius 3 is 3.04 bits per heavy atom. The molecule has 4 nitrogen and oxygen atoms in total. The monoisotopic (exact) mass is 331 g/mol. The van der Waals surface area contributed by atoms with Gasteiger partial charge < -0.3 is 15.2 Å². The van der Waals surface area contributed by atoms with Crippen LogP contribution < -0.4 is 5.32 Å². The summed E-state index contributed by atoms with van der Waals surface area (Å²) in [5.74, 6) is 1.45. The fourth-order valence-corrected chi connectivity index (χ4v) is 3.68. The number of benzene rings is 2. The lowest BCUT2D eigenvalue weighted by molar-refractivity contribution is -0.113. The van der Waals surface area contributed by atoms with Crippen molar-refractivity contribution >= 4 is 34.1 Å². The maximum Gasteiger partial charge on any atom is 0.234 e. The predicted octanol–water partition coefficient (Wildman–Crippen LogP) is 3.79. The first-order chi connectivity index (χ1) is 11.2. The van der Waals surface area contributed by atoms with Gasteiger partial charge in [0.1, 0.15) is 5.75 Å². The summed E-state index contributed by atoms with van der Waals surface area (Å²) in [4.78, 5) is 12.1. The number of hydrogen-bond acceptors (Lipinski definition) is 4. The minimum Gasteiger partial charge on any atom is -0.508 e. The van der Waals surface area contributed by atoms with E-state index in [0.29, 0.717) is 5.75 Å². The number of nitrogens with one attached hydrogen (secondary N) is 1. The number of fused-ring (bicyclic) bond motifs is 1. The molecule has 1 saturated heterocycles. The third-order valence-electron chi connectivity index (χ3n) is 3.95. The Hall–Kier alpha value is -1.72. The van der Waals surface area contributed by atoms with E-state index in [2.05, 4.69) is 5.32 Å². The van der Waals surface area contributed by atoms with E-state index in [4.69, 9.17) is 4.74 Å². The van der Waals surface area contributed by atoms with Gasteiger partial charge in [-0.25, -0.2) is 0 Å². The first-order valence-corrected chi connectivity index (χ1v) is 9.09. The van der Waals surface area contributed by atoms with Crippen LogP contribution in [0.4, 0.5) is 5.69 Å². The molecular weight excluding hydrogens is 310 g/mol. The molecule has 2 N–H and O–H groups in total. The van der Waals surface area contributed by atoms with E-state index in [1.165, 1.54) is 6.42 Å². The number of rotatable bonds is 5. The molecule has 0 bridgehead atoms. The molecule has 1 fully saturated rings. The summed E-state index contributed by atoms with van der Waals surface area (Å²) < 4.78 is 5.67. The summed E-state index contributed by atoms with van der Waals surface area (Å²) in [5, 5.41) is 14.4. The zero-order valence-electron chi connectivity index (χ0n) is 13.0. The maximum absolute atomic E-state index is 12.1. The van der Waals surface area contributed by atoms with Crippen LogP contribution >= 0.6 is 11.8 Å². The second-order valence-corrected chi connectivity index (χ2v) is 6.79. The van der Waals surface area contributed by atoms with E-state index in [9.17, 15) is 9.90 Å². The first-order valence-electron chi connectivity index (χ1n) is 7.93. The number of hydrogen-bond donors (Lipinski definition) is 2. The van der Waals surface area contributed by atoms with Crippen LogP contribution in [0.1, 0.15) is 19.3 Å². The molecule has 1 heterocycles. The highest BCUT2D eigenvalue weighted by atomic mass is 32.2. The van der Waals surface area contributed by atoms with E-state index in [1.54, 1.807) is 23.9 Å². The fraction of sp³-hybridized carbons (Fsp3) is 0.389. The molecule has 122 valence electrons. The predicted molar refractivity (Wildman–Crippen MR) is 95.2 cm³/mol. The minimum absolute atomic E-state index is 0.0262. The number of phenolic OH excluding ortho intramolecular Hbond substituents is 1. The number of carbonyl (C=O) groups is 1. The molecule has 0 aromatic heterocycles. The zero-order valence-corrected chi connectivity index (χ0v) is 13.8. The molecule has 2 aromatic carbocycles. The number of amides is 1. The number of ether oxygens (including phenoxy) is 1. The number of thioether (sulfide) groups is 1. The molecule has 0 radical (unpaired) electrons. The van der Waals surface area contributed by atoms with Gasteiger partial charge in [-0.2, -0.15) is 0 Å². The van der Waals surface area contributed by atoms with Gasteiger partial charge in [-0.15, -0.1) is 11.8 Å². The molecule has 1 aliphatic heterocycles. The average molecular weight is 331 g/mol. The Morgan fingerprint density at radius 2 is 2.22 bits per heavy atom. The number of aromatic hydroxyl groups is 1. The minimum atomic E-state index is -0.0262. The van der Waals surface area contributed by atoms with Crippen LogP contribution in [0.3, 0.4) is 0 Å². The summed E-state index contributed by atoms with van der Waals surface area (Å²) in [6.07, 6.45) is 3.75. The molecule has 0 aliphatic carbocycles. The van der Waals surface area contributed by atoms with Crippen LogP contribution in [0.15, 0.2) is 36.4 Å². The van der Waals surface area contributed by atoms with Crippen molar-refractivity contribution in [2.45, 2.75) is 25.4 Å². The van der Waals surface area contributed by atoms with E-state index in [1.807, 2.05) is 24.3 Å². The van der Waals surface area contributed by atoms with E-state index >= 15 is 0 Å². The molecule has 0 saturated carbocycles. The van der Waals surface area contributed by atoms with Gasteiger partial charge in [0.05, 0.1) is 11.9 Å². The summed E-state index contributed by atoms with van der Waals surface area (Å²) in [5.41, 5.74) is 0.734. The van der Waals surface area contributed by atoms with Gasteiger partial charge in [0.25, 0.3) is 0 Å². The maximum atomic E-state index is 12.1. The van der Waals surface area contributed by atoms with Gasteiger partial charge in [-0.1, -0.05) is 18.2 Å². The van der Waals surface area contributed by atoms with Crippen molar-refractivity contribution in [2.24, 2.45) is 0 Å². The molecule has 2 aromatic rings. The lowest BCUT2D eigenvalue weighted by Crippen LogP contribution is -2.23. The topological polar surface area (TPSA) is 58.6 Å². The zero-order chi connectivity index (χ0) is 16.1. The van der Waals surface area contributed by atoms with E-state index in [0.717, 1.165) is 41.7 Å². The van der Waals surface area contributed by atoms with Crippen LogP contribution in [0.25, 0.3) is 10.8 Å². The lowest BCUT2D eigenvalue weighted by Gasteiger charge is -2.21. The third-order valence-corrected chi connectivity index (χ3v) is 5.02. The van der Waals surface area contributed by atoms with Crippen LogP contribution in [-0.4, -0.2) is 35.2 Å². The Balaban J connectivity index is 1.56. The van der Waals surface area contributed by atoms with Crippen LogP contribution in [0, 0.1) is 0 Å². The third kappa shape index (κ3) is 4.39. The van der Waals surface area contributed by atoms with Crippen LogP contribution in [-0.2, 0) is 9.53 Å². The highest BCUT2D eigenvalue weighted by molar-refractivity contribution is 8.00. The van der Waals surface area contributed by atoms with Crippen molar-refractivity contribution in [1.82, 2.24) is 0 Å². The molecule has 23 heavy (non-hydrogen) atoms. The normalized spacial score (nSPS) is 18.0. The largest absolute Gasteiger partial charge is 0.508 e. The van der Waals surface area contributed by atoms with Gasteiger partial charge >= 0.3 is 0 Å². The van der Waals surface area contributed by atoms with Crippen molar-refractivity contribution in [2.75, 3.05) is 23.4 Å². The SMILES string of the molecule is O=C(CSC[C@H]1CCCCO1)Nc1cccc2ccc(O)cc12. The standard InChI is InChI=1S/C18H21NO3S/c20-14-8-7-13-4-3-6-17(16(13)10-14)19-18(21)12-23-11-15-5-1-2-9-22-15/h3-4,6-8,10,15,20H,1-2,5,9,11-12H2,(H,19,21)/t15-/m1/s1. The lowest BCUT2D eigenvalue weighted by atomic mass is 10.1. The van der Waals surface area contributed by atoms with Gasteiger partial charge in [0.15, 0.2) is 0 Å². The van der Waals surface area contributed by atoms with Gasteiger partial charge in [-0.3, -0.25) is 4.79 Å². The van der Waals surface area contributed by atoms with Crippen molar-refractivity contribution < 1.29 is 14.6 Å². The molecular formula is C18H21NO3S. The van der Waals surface area contributed by atoms with E-state index < -0.39 is 0 Å². The summed E-state index contributed by atoms with van der Waals surface area (Å²) in [6, 6.07) is 10.9. The Bertz CT molecular complexity index is 683. The van der Waals surface area contributed by atoms with Gasteiger partial charge in [0, 0.05) is 23.4 Å². The number of carbonyl (C=O) groups excluding carboxylic acids is 1. The second kappa shape index (κ2) is 7.70.